The van der Waals surface area contributed by atoms with Gasteiger partial charge in [0.25, 0.3) is 0 Å². The van der Waals surface area contributed by atoms with Crippen molar-refractivity contribution in [3.63, 3.8) is 0 Å². The van der Waals surface area contributed by atoms with Crippen LogP contribution < -0.4 is 5.73 Å². The van der Waals surface area contributed by atoms with Gasteiger partial charge in [-0.2, -0.15) is 0 Å². The van der Waals surface area contributed by atoms with Gasteiger partial charge in [0.2, 0.25) is 5.95 Å². The van der Waals surface area contributed by atoms with E-state index in [0.717, 1.165) is 36.9 Å². The molecule has 3 N–H and O–H groups in total. The number of fused-ring (bicyclic) bond motifs is 1. The minimum atomic E-state index is -1.02. The molecule has 14 heavy (non-hydrogen) atoms. The summed E-state index contributed by atoms with van der Waals surface area (Å²) in [4.78, 5) is 18.7. The topological polar surface area (TPSA) is 89.1 Å². The SMILES string of the molecule is Nc1nc2c(c(C(=O)O)n1)CCCC2. The molecule has 0 aliphatic heterocycles. The second-order valence-corrected chi connectivity index (χ2v) is 3.37. The molecule has 0 amide bonds. The number of carboxylic acids is 1. The fraction of sp³-hybridized carbons (Fsp3) is 0.444. The number of anilines is 1. The molecule has 0 bridgehead atoms. The van der Waals surface area contributed by atoms with Gasteiger partial charge in [-0.15, -0.1) is 0 Å². The van der Waals surface area contributed by atoms with Crippen LogP contribution in [0.4, 0.5) is 5.95 Å². The lowest BCUT2D eigenvalue weighted by molar-refractivity contribution is 0.0688. The molecule has 0 unspecified atom stereocenters. The van der Waals surface area contributed by atoms with Crippen LogP contribution >= 0.6 is 0 Å². The van der Waals surface area contributed by atoms with Gasteiger partial charge in [0.1, 0.15) is 0 Å². The number of aryl methyl sites for hydroxylation is 1. The molecule has 5 heteroatoms. The molecule has 5 nitrogen and oxygen atoms in total. The summed E-state index contributed by atoms with van der Waals surface area (Å²) in [6.45, 7) is 0. The predicted octanol–water partition coefficient (Wildman–Crippen LogP) is 0.636. The second kappa shape index (κ2) is 3.25. The molecule has 0 fully saturated rings. The highest BCUT2D eigenvalue weighted by Gasteiger charge is 2.20. The van der Waals surface area contributed by atoms with E-state index < -0.39 is 5.97 Å². The summed E-state index contributed by atoms with van der Waals surface area (Å²) >= 11 is 0. The fourth-order valence-electron chi connectivity index (χ4n) is 1.79. The molecule has 0 spiro atoms. The molecule has 0 aromatic carbocycles. The third-order valence-corrected chi connectivity index (χ3v) is 2.40. The van der Waals surface area contributed by atoms with E-state index in [1.54, 1.807) is 0 Å². The number of rotatable bonds is 1. The molecule has 0 saturated carbocycles. The number of nitrogens with zero attached hydrogens (tertiary/aromatic N) is 2. The molecule has 1 heterocycles. The zero-order chi connectivity index (χ0) is 10.1. The summed E-state index contributed by atoms with van der Waals surface area (Å²) < 4.78 is 0. The summed E-state index contributed by atoms with van der Waals surface area (Å²) in [6.07, 6.45) is 3.60. The Hall–Kier alpha value is -1.65. The Labute approximate surface area is 81.0 Å². The van der Waals surface area contributed by atoms with Crippen LogP contribution in [0, 0.1) is 0 Å². The standard InChI is InChI=1S/C9H11N3O2/c10-9-11-6-4-2-1-3-5(6)7(12-9)8(13)14/h1-4H2,(H,13,14)(H2,10,11,12). The average molecular weight is 193 g/mol. The first-order chi connectivity index (χ1) is 6.68. The molecule has 0 radical (unpaired) electrons. The molecule has 1 aliphatic rings. The van der Waals surface area contributed by atoms with Crippen molar-refractivity contribution in [1.29, 1.82) is 0 Å². The number of hydrogen-bond donors (Lipinski definition) is 2. The highest BCUT2D eigenvalue weighted by atomic mass is 16.4. The maximum Gasteiger partial charge on any atom is 0.354 e. The Bertz CT molecular complexity index is 390. The van der Waals surface area contributed by atoms with Gasteiger partial charge >= 0.3 is 5.97 Å². The highest BCUT2D eigenvalue weighted by Crippen LogP contribution is 2.22. The maximum absolute atomic E-state index is 10.9. The van der Waals surface area contributed by atoms with E-state index >= 15 is 0 Å². The van der Waals surface area contributed by atoms with Gasteiger partial charge in [0.05, 0.1) is 5.69 Å². The third kappa shape index (κ3) is 1.41. The maximum atomic E-state index is 10.9. The van der Waals surface area contributed by atoms with Crippen molar-refractivity contribution < 1.29 is 9.90 Å². The lowest BCUT2D eigenvalue weighted by Crippen LogP contribution is -2.16. The van der Waals surface area contributed by atoms with Crippen LogP contribution in [0.2, 0.25) is 0 Å². The van der Waals surface area contributed by atoms with Crippen molar-refractivity contribution in [3.8, 4) is 0 Å². The zero-order valence-electron chi connectivity index (χ0n) is 7.66. The number of aromatic nitrogens is 2. The van der Waals surface area contributed by atoms with Gasteiger partial charge < -0.3 is 10.8 Å². The first kappa shape index (κ1) is 8.93. The van der Waals surface area contributed by atoms with Gasteiger partial charge in [-0.25, -0.2) is 14.8 Å². The first-order valence-corrected chi connectivity index (χ1v) is 4.57. The van der Waals surface area contributed by atoms with E-state index in [4.69, 9.17) is 10.8 Å². The lowest BCUT2D eigenvalue weighted by atomic mass is 9.95. The molecular weight excluding hydrogens is 182 g/mol. The van der Waals surface area contributed by atoms with Crippen molar-refractivity contribution >= 4 is 11.9 Å². The molecule has 2 rings (SSSR count). The van der Waals surface area contributed by atoms with E-state index in [9.17, 15) is 4.79 Å². The van der Waals surface area contributed by atoms with E-state index in [-0.39, 0.29) is 11.6 Å². The van der Waals surface area contributed by atoms with Gasteiger partial charge in [-0.3, -0.25) is 0 Å². The average Bonchev–Trinajstić information content (AvgIpc) is 2.16. The molecular formula is C9H11N3O2. The molecule has 1 aromatic rings. The van der Waals surface area contributed by atoms with Gasteiger partial charge in [-0.05, 0) is 25.7 Å². The third-order valence-electron chi connectivity index (χ3n) is 2.40. The molecule has 0 saturated heterocycles. The first-order valence-electron chi connectivity index (χ1n) is 4.57. The quantitative estimate of drug-likeness (QED) is 0.683. The Morgan fingerprint density at radius 3 is 2.71 bits per heavy atom. The van der Waals surface area contributed by atoms with E-state index in [2.05, 4.69) is 9.97 Å². The number of hydrogen-bond acceptors (Lipinski definition) is 4. The zero-order valence-corrected chi connectivity index (χ0v) is 7.66. The van der Waals surface area contributed by atoms with Gasteiger partial charge in [0, 0.05) is 5.56 Å². The van der Waals surface area contributed by atoms with Crippen molar-refractivity contribution in [2.24, 2.45) is 0 Å². The highest BCUT2D eigenvalue weighted by molar-refractivity contribution is 5.87. The Kier molecular flexibility index (Phi) is 2.07. The molecule has 1 aliphatic carbocycles. The van der Waals surface area contributed by atoms with Crippen LogP contribution in [0.3, 0.4) is 0 Å². The lowest BCUT2D eigenvalue weighted by Gasteiger charge is -2.16. The fourth-order valence-corrected chi connectivity index (χ4v) is 1.79. The van der Waals surface area contributed by atoms with E-state index in [1.165, 1.54) is 0 Å². The van der Waals surface area contributed by atoms with Crippen molar-refractivity contribution in [2.45, 2.75) is 25.7 Å². The number of aromatic carboxylic acids is 1. The number of carbonyl (C=O) groups is 1. The summed E-state index contributed by atoms with van der Waals surface area (Å²) in [7, 11) is 0. The minimum absolute atomic E-state index is 0.0584. The smallest absolute Gasteiger partial charge is 0.354 e. The Morgan fingerprint density at radius 1 is 1.29 bits per heavy atom. The van der Waals surface area contributed by atoms with Crippen LogP contribution in [0.15, 0.2) is 0 Å². The monoisotopic (exact) mass is 193 g/mol. The van der Waals surface area contributed by atoms with Crippen molar-refractivity contribution in [3.05, 3.63) is 17.0 Å². The van der Waals surface area contributed by atoms with Crippen molar-refractivity contribution in [1.82, 2.24) is 9.97 Å². The minimum Gasteiger partial charge on any atom is -0.476 e. The summed E-state index contributed by atoms with van der Waals surface area (Å²) in [5.41, 5.74) is 7.08. The van der Waals surface area contributed by atoms with Crippen LogP contribution in [0.5, 0.6) is 0 Å². The Morgan fingerprint density at radius 2 is 2.00 bits per heavy atom. The van der Waals surface area contributed by atoms with Crippen molar-refractivity contribution in [2.75, 3.05) is 5.73 Å². The van der Waals surface area contributed by atoms with Crippen LogP contribution in [-0.2, 0) is 12.8 Å². The number of nitrogen functional groups attached to an aromatic ring is 1. The summed E-state index contributed by atoms with van der Waals surface area (Å²) in [5, 5.41) is 8.92. The number of carboxylic acid groups (broad SMARTS) is 1. The Balaban J connectivity index is 2.58. The van der Waals surface area contributed by atoms with Crippen LogP contribution in [0.25, 0.3) is 0 Å². The van der Waals surface area contributed by atoms with Gasteiger partial charge in [-0.1, -0.05) is 0 Å². The summed E-state index contributed by atoms with van der Waals surface area (Å²) in [6, 6.07) is 0. The van der Waals surface area contributed by atoms with Crippen LogP contribution in [-0.4, -0.2) is 21.0 Å². The summed E-state index contributed by atoms with van der Waals surface area (Å²) in [5.74, 6) is -0.958. The van der Waals surface area contributed by atoms with Gasteiger partial charge in [0.15, 0.2) is 5.69 Å². The molecule has 74 valence electrons. The number of nitrogens with two attached hydrogens (primary N) is 1. The normalized spacial score (nSPS) is 14.9. The van der Waals surface area contributed by atoms with Crippen LogP contribution in [0.1, 0.15) is 34.6 Å². The second-order valence-electron chi connectivity index (χ2n) is 3.37. The molecule has 0 atom stereocenters. The molecule has 1 aromatic heterocycles. The predicted molar refractivity (Wildman–Crippen MR) is 50.0 cm³/mol. The largest absolute Gasteiger partial charge is 0.476 e. The van der Waals surface area contributed by atoms with E-state index in [1.807, 2.05) is 0 Å². The van der Waals surface area contributed by atoms with E-state index in [0.29, 0.717) is 0 Å².